The van der Waals surface area contributed by atoms with Gasteiger partial charge in [0, 0.05) is 41.5 Å². The van der Waals surface area contributed by atoms with Gasteiger partial charge in [-0.05, 0) is 47.5 Å². The van der Waals surface area contributed by atoms with Crippen LogP contribution < -0.4 is 11.1 Å². The van der Waals surface area contributed by atoms with Crippen molar-refractivity contribution in [1.82, 2.24) is 4.90 Å². The maximum Gasteiger partial charge on any atom is 0.0594 e. The maximum atomic E-state index is 5.89. The van der Waals surface area contributed by atoms with Crippen molar-refractivity contribution in [1.29, 1.82) is 0 Å². The fourth-order valence-corrected chi connectivity index (χ4v) is 2.77. The largest absolute Gasteiger partial charge is 0.398 e. The van der Waals surface area contributed by atoms with Crippen molar-refractivity contribution in [3.8, 4) is 0 Å². The molecular weight excluding hydrogens is 306 g/mol. The fraction of sp³-hybridized carbons (Fsp3) is 0.571. The number of aryl methyl sites for hydroxylation is 1. The van der Waals surface area contributed by atoms with E-state index in [1.807, 2.05) is 13.0 Å². The average molecular weight is 328 g/mol. The highest BCUT2D eigenvalue weighted by molar-refractivity contribution is 9.10. The number of ether oxygens (including phenoxy) is 1. The van der Waals surface area contributed by atoms with E-state index in [1.54, 1.807) is 0 Å². The lowest BCUT2D eigenvalue weighted by Crippen LogP contribution is -2.42. The van der Waals surface area contributed by atoms with Crippen LogP contribution in [0.4, 0.5) is 11.4 Å². The zero-order chi connectivity index (χ0) is 13.8. The van der Waals surface area contributed by atoms with Gasteiger partial charge in [0.2, 0.25) is 0 Å². The van der Waals surface area contributed by atoms with Crippen LogP contribution in [0, 0.1) is 6.92 Å². The third-order valence-corrected chi connectivity index (χ3v) is 4.05. The molecule has 19 heavy (non-hydrogen) atoms. The van der Waals surface area contributed by atoms with Crippen molar-refractivity contribution in [3.63, 3.8) is 0 Å². The van der Waals surface area contributed by atoms with Crippen LogP contribution in [0.15, 0.2) is 16.6 Å². The number of nitrogens with zero attached hydrogens (tertiary/aromatic N) is 1. The number of nitrogens with one attached hydrogen (secondary N) is 1. The normalized spacial score (nSPS) is 18.3. The van der Waals surface area contributed by atoms with E-state index >= 15 is 0 Å². The minimum atomic E-state index is 0.387. The molecule has 0 bridgehead atoms. The SMILES string of the molecule is Cc1cc(NC(C)CN2CCOCC2)c(Br)cc1N. The van der Waals surface area contributed by atoms with E-state index in [9.17, 15) is 0 Å². The molecule has 0 saturated carbocycles. The first-order chi connectivity index (χ1) is 9.06. The van der Waals surface area contributed by atoms with Crippen LogP contribution in [-0.4, -0.2) is 43.8 Å². The van der Waals surface area contributed by atoms with E-state index < -0.39 is 0 Å². The Kier molecular flexibility index (Phi) is 5.07. The van der Waals surface area contributed by atoms with E-state index in [2.05, 4.69) is 39.1 Å². The van der Waals surface area contributed by atoms with Gasteiger partial charge in [0.1, 0.15) is 0 Å². The number of benzene rings is 1. The second kappa shape index (κ2) is 6.59. The Morgan fingerprint density at radius 1 is 1.42 bits per heavy atom. The Labute approximate surface area is 123 Å². The highest BCUT2D eigenvalue weighted by atomic mass is 79.9. The number of anilines is 2. The summed E-state index contributed by atoms with van der Waals surface area (Å²) in [5.41, 5.74) is 8.91. The van der Waals surface area contributed by atoms with Crippen LogP contribution in [0.3, 0.4) is 0 Å². The molecule has 5 heteroatoms. The molecule has 106 valence electrons. The van der Waals surface area contributed by atoms with Crippen LogP contribution >= 0.6 is 15.9 Å². The molecule has 0 aliphatic carbocycles. The van der Waals surface area contributed by atoms with Crippen molar-refractivity contribution in [3.05, 3.63) is 22.2 Å². The molecule has 1 fully saturated rings. The van der Waals surface area contributed by atoms with Gasteiger partial charge >= 0.3 is 0 Å². The predicted octanol–water partition coefficient (Wildman–Crippen LogP) is 2.47. The maximum absolute atomic E-state index is 5.89. The molecular formula is C14H22BrN3O. The zero-order valence-electron chi connectivity index (χ0n) is 11.6. The Morgan fingerprint density at radius 3 is 2.79 bits per heavy atom. The average Bonchev–Trinajstić information content (AvgIpc) is 2.37. The predicted molar refractivity (Wildman–Crippen MR) is 83.6 cm³/mol. The lowest BCUT2D eigenvalue weighted by Gasteiger charge is -2.30. The Balaban J connectivity index is 1.94. The molecule has 1 aliphatic heterocycles. The summed E-state index contributed by atoms with van der Waals surface area (Å²) in [5, 5.41) is 3.54. The molecule has 4 nitrogen and oxygen atoms in total. The van der Waals surface area contributed by atoms with Crippen LogP contribution in [0.25, 0.3) is 0 Å². The Hall–Kier alpha value is -0.780. The number of morpholine rings is 1. The molecule has 0 radical (unpaired) electrons. The van der Waals surface area contributed by atoms with Gasteiger partial charge in [-0.2, -0.15) is 0 Å². The lowest BCUT2D eigenvalue weighted by molar-refractivity contribution is 0.0368. The second-order valence-corrected chi connectivity index (χ2v) is 6.00. The summed E-state index contributed by atoms with van der Waals surface area (Å²) in [7, 11) is 0. The van der Waals surface area contributed by atoms with Crippen LogP contribution in [-0.2, 0) is 4.74 Å². The van der Waals surface area contributed by atoms with Crippen molar-refractivity contribution in [2.24, 2.45) is 0 Å². The number of nitrogens with two attached hydrogens (primary N) is 1. The molecule has 3 N–H and O–H groups in total. The summed E-state index contributed by atoms with van der Waals surface area (Å²) in [5.74, 6) is 0. The summed E-state index contributed by atoms with van der Waals surface area (Å²) < 4.78 is 6.38. The van der Waals surface area contributed by atoms with Crippen molar-refractivity contribution in [2.75, 3.05) is 43.9 Å². The Morgan fingerprint density at radius 2 is 2.11 bits per heavy atom. The second-order valence-electron chi connectivity index (χ2n) is 5.15. The smallest absolute Gasteiger partial charge is 0.0594 e. The van der Waals surface area contributed by atoms with Gasteiger partial charge in [0.15, 0.2) is 0 Å². The molecule has 1 atom stereocenters. The molecule has 1 aliphatic rings. The van der Waals surface area contributed by atoms with Crippen molar-refractivity contribution >= 4 is 27.3 Å². The summed E-state index contributed by atoms with van der Waals surface area (Å²) >= 11 is 3.56. The standard InChI is InChI=1S/C14H22BrN3O/c1-10-7-14(12(15)8-13(10)16)17-11(2)9-18-3-5-19-6-4-18/h7-8,11,17H,3-6,9,16H2,1-2H3. The van der Waals surface area contributed by atoms with E-state index in [0.29, 0.717) is 6.04 Å². The van der Waals surface area contributed by atoms with Crippen LogP contribution in [0.5, 0.6) is 0 Å². The van der Waals surface area contributed by atoms with Gasteiger partial charge in [0.25, 0.3) is 0 Å². The Bertz CT molecular complexity index is 433. The molecule has 1 aromatic rings. The summed E-state index contributed by atoms with van der Waals surface area (Å²) in [6.07, 6.45) is 0. The van der Waals surface area contributed by atoms with E-state index in [1.165, 1.54) is 0 Å². The van der Waals surface area contributed by atoms with Gasteiger partial charge in [-0.25, -0.2) is 0 Å². The topological polar surface area (TPSA) is 50.5 Å². The monoisotopic (exact) mass is 327 g/mol. The summed E-state index contributed by atoms with van der Waals surface area (Å²) in [4.78, 5) is 2.43. The van der Waals surface area contributed by atoms with Gasteiger partial charge in [-0.15, -0.1) is 0 Å². The first-order valence-electron chi connectivity index (χ1n) is 6.68. The molecule has 1 aromatic carbocycles. The number of nitrogen functional groups attached to an aromatic ring is 1. The number of halogens is 1. The minimum Gasteiger partial charge on any atom is -0.398 e. The number of hydrogen-bond donors (Lipinski definition) is 2. The molecule has 2 rings (SSSR count). The van der Waals surface area contributed by atoms with Gasteiger partial charge in [0.05, 0.1) is 13.2 Å². The van der Waals surface area contributed by atoms with E-state index in [0.717, 1.165) is 54.3 Å². The minimum absolute atomic E-state index is 0.387. The number of hydrogen-bond acceptors (Lipinski definition) is 4. The van der Waals surface area contributed by atoms with Gasteiger partial charge in [-0.3, -0.25) is 4.90 Å². The molecule has 0 amide bonds. The molecule has 1 unspecified atom stereocenters. The third kappa shape index (κ3) is 4.09. The quantitative estimate of drug-likeness (QED) is 0.834. The third-order valence-electron chi connectivity index (χ3n) is 3.39. The van der Waals surface area contributed by atoms with E-state index in [4.69, 9.17) is 10.5 Å². The fourth-order valence-electron chi connectivity index (χ4n) is 2.29. The van der Waals surface area contributed by atoms with E-state index in [-0.39, 0.29) is 0 Å². The summed E-state index contributed by atoms with van der Waals surface area (Å²) in [6, 6.07) is 4.44. The highest BCUT2D eigenvalue weighted by Crippen LogP contribution is 2.28. The zero-order valence-corrected chi connectivity index (χ0v) is 13.2. The van der Waals surface area contributed by atoms with Crippen molar-refractivity contribution in [2.45, 2.75) is 19.9 Å². The van der Waals surface area contributed by atoms with Gasteiger partial charge in [-0.1, -0.05) is 0 Å². The first kappa shape index (κ1) is 14.6. The van der Waals surface area contributed by atoms with Crippen molar-refractivity contribution < 1.29 is 4.74 Å². The number of rotatable bonds is 4. The van der Waals surface area contributed by atoms with Gasteiger partial charge < -0.3 is 15.8 Å². The molecule has 0 aromatic heterocycles. The molecule has 1 heterocycles. The lowest BCUT2D eigenvalue weighted by atomic mass is 10.1. The summed E-state index contributed by atoms with van der Waals surface area (Å²) in [6.45, 7) is 8.99. The molecule has 0 spiro atoms. The van der Waals surface area contributed by atoms with Crippen LogP contribution in [0.1, 0.15) is 12.5 Å². The van der Waals surface area contributed by atoms with Crippen LogP contribution in [0.2, 0.25) is 0 Å². The first-order valence-corrected chi connectivity index (χ1v) is 7.48. The highest BCUT2D eigenvalue weighted by Gasteiger charge is 2.14. The molecule has 1 saturated heterocycles.